The second-order valence-corrected chi connectivity index (χ2v) is 5.72. The molecule has 2 aliphatic rings. The van der Waals surface area contributed by atoms with E-state index in [0.717, 1.165) is 12.1 Å². The van der Waals surface area contributed by atoms with Gasteiger partial charge in [-0.05, 0) is 45.7 Å². The summed E-state index contributed by atoms with van der Waals surface area (Å²) < 4.78 is 0. The standard InChI is InChI=1S/C14H29N3/c1-3-13(2)17-11-9-16(10-12-17)8-4-7-15-14-5-6-14/h13-15H,3-12H2,1-2H3. The highest BCUT2D eigenvalue weighted by Crippen LogP contribution is 2.18. The van der Waals surface area contributed by atoms with Gasteiger partial charge in [0.15, 0.2) is 0 Å². The first-order valence-corrected chi connectivity index (χ1v) is 7.49. The molecule has 0 aromatic heterocycles. The zero-order valence-corrected chi connectivity index (χ0v) is 11.6. The first-order valence-electron chi connectivity index (χ1n) is 7.49. The highest BCUT2D eigenvalue weighted by Gasteiger charge is 2.21. The van der Waals surface area contributed by atoms with Gasteiger partial charge in [0.2, 0.25) is 0 Å². The maximum absolute atomic E-state index is 3.60. The van der Waals surface area contributed by atoms with Crippen molar-refractivity contribution >= 4 is 0 Å². The minimum absolute atomic E-state index is 0.772. The second kappa shape index (κ2) is 6.72. The number of nitrogens with one attached hydrogen (secondary N) is 1. The van der Waals surface area contributed by atoms with Crippen LogP contribution in [0.15, 0.2) is 0 Å². The van der Waals surface area contributed by atoms with E-state index in [4.69, 9.17) is 0 Å². The molecule has 1 aliphatic carbocycles. The molecular formula is C14H29N3. The third-order valence-corrected chi connectivity index (χ3v) is 4.28. The van der Waals surface area contributed by atoms with E-state index in [0.29, 0.717) is 0 Å². The van der Waals surface area contributed by atoms with E-state index in [2.05, 4.69) is 29.0 Å². The van der Waals surface area contributed by atoms with Crippen LogP contribution in [0.4, 0.5) is 0 Å². The molecule has 0 radical (unpaired) electrons. The Hall–Kier alpha value is -0.120. The van der Waals surface area contributed by atoms with Crippen molar-refractivity contribution in [3.05, 3.63) is 0 Å². The van der Waals surface area contributed by atoms with Crippen LogP contribution in [-0.2, 0) is 0 Å². The Labute approximate surface area is 107 Å². The molecule has 0 bridgehead atoms. The van der Waals surface area contributed by atoms with E-state index >= 15 is 0 Å². The van der Waals surface area contributed by atoms with Gasteiger partial charge in [0.05, 0.1) is 0 Å². The lowest BCUT2D eigenvalue weighted by Gasteiger charge is -2.37. The van der Waals surface area contributed by atoms with Gasteiger partial charge < -0.3 is 10.2 Å². The van der Waals surface area contributed by atoms with Gasteiger partial charge in [0.25, 0.3) is 0 Å². The van der Waals surface area contributed by atoms with Gasteiger partial charge in [0.1, 0.15) is 0 Å². The van der Waals surface area contributed by atoms with E-state index in [1.54, 1.807) is 0 Å². The molecule has 1 saturated heterocycles. The van der Waals surface area contributed by atoms with Crippen LogP contribution in [0, 0.1) is 0 Å². The monoisotopic (exact) mass is 239 g/mol. The minimum Gasteiger partial charge on any atom is -0.314 e. The first-order chi connectivity index (χ1) is 8.29. The fourth-order valence-corrected chi connectivity index (χ4v) is 2.58. The van der Waals surface area contributed by atoms with Gasteiger partial charge in [-0.2, -0.15) is 0 Å². The summed E-state index contributed by atoms with van der Waals surface area (Å²) in [5.74, 6) is 0. The number of rotatable bonds is 7. The third-order valence-electron chi connectivity index (χ3n) is 4.28. The predicted octanol–water partition coefficient (Wildman–Crippen LogP) is 1.54. The Morgan fingerprint density at radius 3 is 2.47 bits per heavy atom. The smallest absolute Gasteiger partial charge is 0.0113 e. The maximum Gasteiger partial charge on any atom is 0.0113 e. The fraction of sp³-hybridized carbons (Fsp3) is 1.00. The number of nitrogens with zero attached hydrogens (tertiary/aromatic N) is 2. The molecule has 0 aromatic rings. The van der Waals surface area contributed by atoms with Gasteiger partial charge in [-0.3, -0.25) is 4.90 Å². The number of hydrogen-bond donors (Lipinski definition) is 1. The summed E-state index contributed by atoms with van der Waals surface area (Å²) >= 11 is 0. The van der Waals surface area contributed by atoms with Crippen molar-refractivity contribution in [1.82, 2.24) is 15.1 Å². The largest absolute Gasteiger partial charge is 0.314 e. The molecule has 17 heavy (non-hydrogen) atoms. The van der Waals surface area contributed by atoms with E-state index < -0.39 is 0 Å². The van der Waals surface area contributed by atoms with E-state index in [1.165, 1.54) is 65.0 Å². The second-order valence-electron chi connectivity index (χ2n) is 5.72. The number of hydrogen-bond acceptors (Lipinski definition) is 3. The Morgan fingerprint density at radius 1 is 1.18 bits per heavy atom. The molecule has 1 N–H and O–H groups in total. The van der Waals surface area contributed by atoms with Crippen molar-refractivity contribution in [2.75, 3.05) is 39.3 Å². The summed E-state index contributed by atoms with van der Waals surface area (Å²) in [5.41, 5.74) is 0. The van der Waals surface area contributed by atoms with Crippen LogP contribution in [0.25, 0.3) is 0 Å². The zero-order chi connectivity index (χ0) is 12.1. The van der Waals surface area contributed by atoms with Crippen LogP contribution in [0.2, 0.25) is 0 Å². The van der Waals surface area contributed by atoms with E-state index in [-0.39, 0.29) is 0 Å². The predicted molar refractivity (Wildman–Crippen MR) is 73.4 cm³/mol. The maximum atomic E-state index is 3.60. The molecule has 1 unspecified atom stereocenters. The molecule has 3 heteroatoms. The van der Waals surface area contributed by atoms with Crippen LogP contribution >= 0.6 is 0 Å². The van der Waals surface area contributed by atoms with Crippen LogP contribution < -0.4 is 5.32 Å². The molecule has 1 atom stereocenters. The molecule has 0 aromatic carbocycles. The van der Waals surface area contributed by atoms with Crippen LogP contribution in [0.1, 0.15) is 39.5 Å². The van der Waals surface area contributed by atoms with Crippen molar-refractivity contribution < 1.29 is 0 Å². The summed E-state index contributed by atoms with van der Waals surface area (Å²) in [5, 5.41) is 3.60. The molecular weight excluding hydrogens is 210 g/mol. The summed E-state index contributed by atoms with van der Waals surface area (Å²) in [6, 6.07) is 1.64. The first kappa shape index (κ1) is 13.3. The Kier molecular flexibility index (Phi) is 5.26. The number of piperazine rings is 1. The Morgan fingerprint density at radius 2 is 1.88 bits per heavy atom. The molecule has 1 heterocycles. The van der Waals surface area contributed by atoms with Crippen molar-refractivity contribution in [3.8, 4) is 0 Å². The molecule has 1 aliphatic heterocycles. The zero-order valence-electron chi connectivity index (χ0n) is 11.6. The van der Waals surface area contributed by atoms with Gasteiger partial charge >= 0.3 is 0 Å². The van der Waals surface area contributed by atoms with Crippen LogP contribution in [0.3, 0.4) is 0 Å². The van der Waals surface area contributed by atoms with Crippen LogP contribution in [0.5, 0.6) is 0 Å². The third kappa shape index (κ3) is 4.57. The highest BCUT2D eigenvalue weighted by molar-refractivity contribution is 4.81. The van der Waals surface area contributed by atoms with Crippen molar-refractivity contribution in [3.63, 3.8) is 0 Å². The van der Waals surface area contributed by atoms with Gasteiger partial charge in [0, 0.05) is 38.3 Å². The molecule has 1 saturated carbocycles. The van der Waals surface area contributed by atoms with E-state index in [1.807, 2.05) is 0 Å². The van der Waals surface area contributed by atoms with E-state index in [9.17, 15) is 0 Å². The molecule has 0 spiro atoms. The van der Waals surface area contributed by atoms with Crippen LogP contribution in [-0.4, -0.2) is 61.2 Å². The minimum atomic E-state index is 0.772. The molecule has 2 rings (SSSR count). The summed E-state index contributed by atoms with van der Waals surface area (Å²) in [6.07, 6.45) is 5.42. The quantitative estimate of drug-likeness (QED) is 0.680. The summed E-state index contributed by atoms with van der Waals surface area (Å²) in [4.78, 5) is 5.27. The topological polar surface area (TPSA) is 18.5 Å². The lowest BCUT2D eigenvalue weighted by molar-refractivity contribution is 0.0999. The van der Waals surface area contributed by atoms with Crippen molar-refractivity contribution in [2.24, 2.45) is 0 Å². The van der Waals surface area contributed by atoms with Crippen molar-refractivity contribution in [2.45, 2.75) is 51.6 Å². The average molecular weight is 239 g/mol. The summed E-state index contributed by atoms with van der Waals surface area (Å²) in [6.45, 7) is 12.2. The van der Waals surface area contributed by atoms with Gasteiger partial charge in [-0.25, -0.2) is 0 Å². The normalized spacial score (nSPS) is 25.1. The average Bonchev–Trinajstić information content (AvgIpc) is 3.18. The lowest BCUT2D eigenvalue weighted by Crippen LogP contribution is -2.49. The molecule has 0 amide bonds. The highest BCUT2D eigenvalue weighted by atomic mass is 15.3. The van der Waals surface area contributed by atoms with Gasteiger partial charge in [-0.1, -0.05) is 6.92 Å². The molecule has 3 nitrogen and oxygen atoms in total. The molecule has 2 fully saturated rings. The fourth-order valence-electron chi connectivity index (χ4n) is 2.58. The summed E-state index contributed by atoms with van der Waals surface area (Å²) in [7, 11) is 0. The molecule has 100 valence electrons. The van der Waals surface area contributed by atoms with Gasteiger partial charge in [-0.15, -0.1) is 0 Å². The Balaban J connectivity index is 1.52. The SMILES string of the molecule is CCC(C)N1CCN(CCCNC2CC2)CC1. The van der Waals surface area contributed by atoms with Crippen molar-refractivity contribution in [1.29, 1.82) is 0 Å². The Bertz CT molecular complexity index is 208. The lowest BCUT2D eigenvalue weighted by atomic mass is 10.2.